The van der Waals surface area contributed by atoms with E-state index >= 15 is 0 Å². The molecule has 0 unspecified atom stereocenters. The minimum absolute atomic E-state index is 0.329. The van der Waals surface area contributed by atoms with Gasteiger partial charge in [-0.2, -0.15) is 13.3 Å². The van der Waals surface area contributed by atoms with Gasteiger partial charge in [-0.15, -0.1) is 15.3 Å². The Morgan fingerprint density at radius 2 is 1.95 bits per heavy atom. The summed E-state index contributed by atoms with van der Waals surface area (Å²) < 4.78 is 27.9. The Hall–Kier alpha value is -1.83. The van der Waals surface area contributed by atoms with Crippen molar-refractivity contribution in [1.29, 1.82) is 0 Å². The van der Waals surface area contributed by atoms with Gasteiger partial charge in [0.05, 0.1) is 0 Å². The van der Waals surface area contributed by atoms with Gasteiger partial charge in [0.25, 0.3) is 0 Å². The average Bonchev–Trinajstić information content (AvgIpc) is 2.82. The largest absolute Gasteiger partial charge is 0.353 e. The number of piperazine rings is 1. The van der Waals surface area contributed by atoms with Crippen LogP contribution < -0.4 is 10.2 Å². The van der Waals surface area contributed by atoms with Crippen LogP contribution in [0.3, 0.4) is 0 Å². The fraction of sp³-hybridized carbons (Fsp3) is 0.545. The zero-order valence-electron chi connectivity index (χ0n) is 10.5. The number of anilines is 1. The highest BCUT2D eigenvalue weighted by Crippen LogP contribution is 2.25. The van der Waals surface area contributed by atoms with Crippen LogP contribution in [0, 0.1) is 0 Å². The molecule has 1 saturated heterocycles. The summed E-state index contributed by atoms with van der Waals surface area (Å²) in [5.41, 5.74) is 0.329. The quantitative estimate of drug-likeness (QED) is 0.866. The lowest BCUT2D eigenvalue weighted by atomic mass is 10.3. The molecule has 0 aliphatic carbocycles. The van der Waals surface area contributed by atoms with Crippen LogP contribution in [-0.4, -0.2) is 46.0 Å². The van der Waals surface area contributed by atoms with Crippen molar-refractivity contribution in [3.05, 3.63) is 18.0 Å². The molecule has 1 aliphatic heterocycles. The fourth-order valence-electron chi connectivity index (χ4n) is 2.12. The summed E-state index contributed by atoms with van der Waals surface area (Å²) in [6.45, 7) is 4.12. The zero-order valence-corrected chi connectivity index (χ0v) is 10.5. The highest BCUT2D eigenvalue weighted by Gasteiger charge is 2.31. The maximum atomic E-state index is 13.4. The van der Waals surface area contributed by atoms with Crippen molar-refractivity contribution in [2.45, 2.75) is 12.8 Å². The Bertz CT molecular complexity index is 584. The molecule has 102 valence electrons. The normalized spacial score (nSPS) is 17.1. The number of nitrogens with zero attached hydrogens (tertiary/aromatic N) is 5. The van der Waals surface area contributed by atoms with Crippen molar-refractivity contribution < 1.29 is 8.78 Å². The summed E-state index contributed by atoms with van der Waals surface area (Å²) >= 11 is 0. The number of halogens is 2. The molecule has 19 heavy (non-hydrogen) atoms. The predicted molar refractivity (Wildman–Crippen MR) is 65.4 cm³/mol. The van der Waals surface area contributed by atoms with E-state index in [0.717, 1.165) is 37.6 Å². The van der Waals surface area contributed by atoms with E-state index in [0.29, 0.717) is 11.5 Å². The standard InChI is InChI=1S/C11H14F2N6/c1-11(12,13)10-16-15-8-2-3-9(17-19(8)10)18-6-4-14-5-7-18/h2-3,14H,4-7H2,1H3. The van der Waals surface area contributed by atoms with Crippen molar-refractivity contribution in [2.24, 2.45) is 0 Å². The minimum Gasteiger partial charge on any atom is -0.353 e. The maximum absolute atomic E-state index is 13.4. The van der Waals surface area contributed by atoms with Crippen molar-refractivity contribution >= 4 is 11.5 Å². The summed E-state index contributed by atoms with van der Waals surface area (Å²) in [6, 6.07) is 3.44. The molecule has 0 spiro atoms. The number of rotatable bonds is 2. The van der Waals surface area contributed by atoms with E-state index in [1.807, 2.05) is 4.90 Å². The van der Waals surface area contributed by atoms with E-state index in [-0.39, 0.29) is 0 Å². The molecule has 0 bridgehead atoms. The van der Waals surface area contributed by atoms with Gasteiger partial charge in [-0.3, -0.25) is 0 Å². The van der Waals surface area contributed by atoms with E-state index in [1.54, 1.807) is 12.1 Å². The van der Waals surface area contributed by atoms with E-state index < -0.39 is 11.7 Å². The first kappa shape index (κ1) is 12.2. The maximum Gasteiger partial charge on any atom is 0.305 e. The SMILES string of the molecule is CC(F)(F)c1nnc2ccc(N3CCNCC3)nn12. The highest BCUT2D eigenvalue weighted by atomic mass is 19.3. The summed E-state index contributed by atoms with van der Waals surface area (Å²) in [6.07, 6.45) is 0. The Labute approximate surface area is 108 Å². The number of hydrogen-bond acceptors (Lipinski definition) is 5. The van der Waals surface area contributed by atoms with Gasteiger partial charge in [0.1, 0.15) is 5.82 Å². The van der Waals surface area contributed by atoms with Crippen molar-refractivity contribution in [3.8, 4) is 0 Å². The Kier molecular flexibility index (Phi) is 2.81. The molecule has 0 atom stereocenters. The summed E-state index contributed by atoms with van der Waals surface area (Å²) in [4.78, 5) is 2.05. The second-order valence-corrected chi connectivity index (χ2v) is 4.61. The monoisotopic (exact) mass is 268 g/mol. The molecular formula is C11H14F2N6. The van der Waals surface area contributed by atoms with E-state index in [4.69, 9.17) is 0 Å². The molecule has 0 radical (unpaired) electrons. The second-order valence-electron chi connectivity index (χ2n) is 4.61. The Balaban J connectivity index is 2.03. The van der Waals surface area contributed by atoms with Gasteiger partial charge >= 0.3 is 5.92 Å². The minimum atomic E-state index is -3.06. The van der Waals surface area contributed by atoms with E-state index in [9.17, 15) is 8.78 Å². The van der Waals surface area contributed by atoms with E-state index in [1.165, 1.54) is 0 Å². The smallest absolute Gasteiger partial charge is 0.305 e. The summed E-state index contributed by atoms with van der Waals surface area (Å²) in [7, 11) is 0. The molecule has 6 nitrogen and oxygen atoms in total. The molecule has 0 amide bonds. The van der Waals surface area contributed by atoms with Gasteiger partial charge in [0.15, 0.2) is 5.65 Å². The third-order valence-corrected chi connectivity index (χ3v) is 3.08. The van der Waals surface area contributed by atoms with Crippen LogP contribution >= 0.6 is 0 Å². The number of aromatic nitrogens is 4. The average molecular weight is 268 g/mol. The number of alkyl halides is 2. The Morgan fingerprint density at radius 3 is 2.63 bits per heavy atom. The van der Waals surface area contributed by atoms with Crippen molar-refractivity contribution in [3.63, 3.8) is 0 Å². The van der Waals surface area contributed by atoms with Gasteiger partial charge in [-0.05, 0) is 12.1 Å². The van der Waals surface area contributed by atoms with Gasteiger partial charge in [0, 0.05) is 33.1 Å². The molecule has 1 N–H and O–H groups in total. The molecule has 2 aromatic heterocycles. The first-order valence-electron chi connectivity index (χ1n) is 6.12. The third kappa shape index (κ3) is 2.23. The lowest BCUT2D eigenvalue weighted by Crippen LogP contribution is -2.44. The zero-order chi connectivity index (χ0) is 13.5. The van der Waals surface area contributed by atoms with Crippen LogP contribution in [0.1, 0.15) is 12.7 Å². The van der Waals surface area contributed by atoms with Crippen LogP contribution in [0.15, 0.2) is 12.1 Å². The molecule has 3 rings (SSSR count). The van der Waals surface area contributed by atoms with Crippen LogP contribution in [0.5, 0.6) is 0 Å². The number of fused-ring (bicyclic) bond motifs is 1. The molecular weight excluding hydrogens is 254 g/mol. The first-order valence-corrected chi connectivity index (χ1v) is 6.12. The number of nitrogens with one attached hydrogen (secondary N) is 1. The Morgan fingerprint density at radius 1 is 1.21 bits per heavy atom. The molecule has 1 fully saturated rings. The van der Waals surface area contributed by atoms with Gasteiger partial charge < -0.3 is 10.2 Å². The van der Waals surface area contributed by atoms with Crippen LogP contribution in [0.4, 0.5) is 14.6 Å². The van der Waals surface area contributed by atoms with Crippen molar-refractivity contribution in [1.82, 2.24) is 25.1 Å². The van der Waals surface area contributed by atoms with E-state index in [2.05, 4.69) is 20.6 Å². The lowest BCUT2D eigenvalue weighted by molar-refractivity contribution is 0.00563. The molecule has 2 aromatic rings. The third-order valence-electron chi connectivity index (χ3n) is 3.08. The number of hydrogen-bond donors (Lipinski definition) is 1. The molecule has 1 aliphatic rings. The van der Waals surface area contributed by atoms with Gasteiger partial charge in [-0.25, -0.2) is 0 Å². The molecule has 0 saturated carbocycles. The fourth-order valence-corrected chi connectivity index (χ4v) is 2.12. The summed E-state index contributed by atoms with van der Waals surface area (Å²) in [5.74, 6) is -2.83. The lowest BCUT2D eigenvalue weighted by Gasteiger charge is -2.28. The van der Waals surface area contributed by atoms with Crippen LogP contribution in [-0.2, 0) is 5.92 Å². The van der Waals surface area contributed by atoms with Crippen LogP contribution in [0.2, 0.25) is 0 Å². The van der Waals surface area contributed by atoms with Gasteiger partial charge in [0.2, 0.25) is 5.82 Å². The van der Waals surface area contributed by atoms with Crippen molar-refractivity contribution in [2.75, 3.05) is 31.1 Å². The second kappa shape index (κ2) is 4.37. The first-order chi connectivity index (χ1) is 9.05. The summed E-state index contributed by atoms with van der Waals surface area (Å²) in [5, 5.41) is 14.7. The predicted octanol–water partition coefficient (Wildman–Crippen LogP) is 0.646. The van der Waals surface area contributed by atoms with Gasteiger partial charge in [-0.1, -0.05) is 0 Å². The highest BCUT2D eigenvalue weighted by molar-refractivity contribution is 5.46. The molecule has 0 aromatic carbocycles. The molecule has 8 heteroatoms. The molecule has 3 heterocycles. The van der Waals surface area contributed by atoms with Crippen LogP contribution in [0.25, 0.3) is 5.65 Å². The topological polar surface area (TPSA) is 58.4 Å².